The summed E-state index contributed by atoms with van der Waals surface area (Å²) in [5, 5.41) is 13.1. The first-order valence-electron chi connectivity index (χ1n) is 6.61. The molecule has 0 spiro atoms. The Morgan fingerprint density at radius 3 is 2.17 bits per heavy atom. The van der Waals surface area contributed by atoms with Gasteiger partial charge in [-0.25, -0.2) is 0 Å². The second-order valence-electron chi connectivity index (χ2n) is 6.45. The molecule has 2 aliphatic heterocycles. The summed E-state index contributed by atoms with van der Waals surface area (Å²) in [6.07, 6.45) is 0.530. The van der Waals surface area contributed by atoms with Crippen molar-refractivity contribution in [1.82, 2.24) is 10.2 Å². The van der Waals surface area contributed by atoms with Crippen LogP contribution in [-0.4, -0.2) is 58.9 Å². The lowest BCUT2D eigenvalue weighted by molar-refractivity contribution is -0.166. The van der Waals surface area contributed by atoms with Crippen molar-refractivity contribution in [2.45, 2.75) is 50.9 Å². The Morgan fingerprint density at radius 2 is 1.78 bits per heavy atom. The summed E-state index contributed by atoms with van der Waals surface area (Å²) in [7, 11) is 0. The molecule has 0 aromatic heterocycles. The number of carbonyl (C=O) groups is 1. The first-order valence-corrected chi connectivity index (χ1v) is 6.61. The van der Waals surface area contributed by atoms with Crippen LogP contribution in [0.3, 0.4) is 0 Å². The van der Waals surface area contributed by atoms with Crippen molar-refractivity contribution < 1.29 is 14.6 Å². The molecule has 0 amide bonds. The molecule has 5 nitrogen and oxygen atoms in total. The Morgan fingerprint density at radius 1 is 1.22 bits per heavy atom. The molecule has 5 heteroatoms. The van der Waals surface area contributed by atoms with Gasteiger partial charge in [0.1, 0.15) is 0 Å². The van der Waals surface area contributed by atoms with Crippen LogP contribution in [0.15, 0.2) is 0 Å². The van der Waals surface area contributed by atoms with Crippen molar-refractivity contribution in [3.63, 3.8) is 0 Å². The minimum atomic E-state index is -0.918. The largest absolute Gasteiger partial charge is 0.480 e. The van der Waals surface area contributed by atoms with E-state index >= 15 is 0 Å². The molecule has 0 aromatic carbocycles. The van der Waals surface area contributed by atoms with Crippen molar-refractivity contribution in [3.05, 3.63) is 0 Å². The molecule has 0 aromatic rings. The standard InChI is InChI=1S/C13H24N2O3/c1-11(2)9-13(10(16)17,12(3,4)18-11)15-7-5-14-6-8-15/h14H,5-9H2,1-4H3,(H,16,17). The molecule has 104 valence electrons. The molecule has 0 aliphatic carbocycles. The SMILES string of the molecule is CC1(C)CC(C(=O)O)(N2CCNCC2)C(C)(C)O1. The average Bonchev–Trinajstić information content (AvgIpc) is 2.45. The predicted molar refractivity (Wildman–Crippen MR) is 68.7 cm³/mol. The van der Waals surface area contributed by atoms with E-state index in [2.05, 4.69) is 10.2 Å². The summed E-state index contributed by atoms with van der Waals surface area (Å²) in [6, 6.07) is 0. The highest BCUT2D eigenvalue weighted by Gasteiger charge is 2.64. The number of hydrogen-bond acceptors (Lipinski definition) is 4. The maximum atomic E-state index is 12.0. The number of carboxylic acids is 1. The fraction of sp³-hybridized carbons (Fsp3) is 0.923. The van der Waals surface area contributed by atoms with Gasteiger partial charge in [0.05, 0.1) is 11.2 Å². The second-order valence-corrected chi connectivity index (χ2v) is 6.45. The lowest BCUT2D eigenvalue weighted by Crippen LogP contribution is -2.67. The van der Waals surface area contributed by atoms with Gasteiger partial charge in [0.15, 0.2) is 5.54 Å². The molecular formula is C13H24N2O3. The van der Waals surface area contributed by atoms with Gasteiger partial charge in [-0.1, -0.05) is 0 Å². The number of hydrogen-bond donors (Lipinski definition) is 2. The molecule has 1 atom stereocenters. The topological polar surface area (TPSA) is 61.8 Å². The summed E-state index contributed by atoms with van der Waals surface area (Å²) in [6.45, 7) is 10.9. The highest BCUT2D eigenvalue weighted by molar-refractivity contribution is 5.81. The molecule has 18 heavy (non-hydrogen) atoms. The maximum Gasteiger partial charge on any atom is 0.327 e. The zero-order valence-corrected chi connectivity index (χ0v) is 11.7. The van der Waals surface area contributed by atoms with Gasteiger partial charge < -0.3 is 15.2 Å². The molecule has 0 radical (unpaired) electrons. The van der Waals surface area contributed by atoms with Crippen LogP contribution >= 0.6 is 0 Å². The number of aliphatic carboxylic acids is 1. The van der Waals surface area contributed by atoms with Crippen LogP contribution in [0.5, 0.6) is 0 Å². The molecule has 1 unspecified atom stereocenters. The van der Waals surface area contributed by atoms with Gasteiger partial charge in [0.25, 0.3) is 0 Å². The van der Waals surface area contributed by atoms with Crippen LogP contribution < -0.4 is 5.32 Å². The van der Waals surface area contributed by atoms with E-state index in [0.717, 1.165) is 26.2 Å². The molecule has 2 N–H and O–H groups in total. The second kappa shape index (κ2) is 4.18. The van der Waals surface area contributed by atoms with E-state index in [-0.39, 0.29) is 0 Å². The molecule has 2 rings (SSSR count). The number of nitrogens with one attached hydrogen (secondary N) is 1. The van der Waals surface area contributed by atoms with Crippen molar-refractivity contribution in [2.24, 2.45) is 0 Å². The highest BCUT2D eigenvalue weighted by Crippen LogP contribution is 2.48. The van der Waals surface area contributed by atoms with E-state index in [0.29, 0.717) is 6.42 Å². The number of piperazine rings is 1. The van der Waals surface area contributed by atoms with E-state index in [1.807, 2.05) is 27.7 Å². The van der Waals surface area contributed by atoms with Crippen molar-refractivity contribution >= 4 is 5.97 Å². The van der Waals surface area contributed by atoms with Crippen molar-refractivity contribution in [1.29, 1.82) is 0 Å². The minimum absolute atomic E-state index is 0.396. The fourth-order valence-corrected chi connectivity index (χ4v) is 3.65. The lowest BCUT2D eigenvalue weighted by Gasteiger charge is -2.46. The Kier molecular flexibility index (Phi) is 3.20. The summed E-state index contributed by atoms with van der Waals surface area (Å²) < 4.78 is 6.02. The van der Waals surface area contributed by atoms with E-state index in [4.69, 9.17) is 4.74 Å². The molecule has 0 saturated carbocycles. The van der Waals surface area contributed by atoms with Crippen molar-refractivity contribution in [2.75, 3.05) is 26.2 Å². The van der Waals surface area contributed by atoms with Crippen LogP contribution in [0.4, 0.5) is 0 Å². The Bertz CT molecular complexity index is 348. The van der Waals surface area contributed by atoms with E-state index in [1.54, 1.807) is 0 Å². The molecule has 0 bridgehead atoms. The number of rotatable bonds is 2. The maximum absolute atomic E-state index is 12.0. The van der Waals surface area contributed by atoms with Crippen molar-refractivity contribution in [3.8, 4) is 0 Å². The third-order valence-corrected chi connectivity index (χ3v) is 4.22. The van der Waals surface area contributed by atoms with Crippen LogP contribution in [-0.2, 0) is 9.53 Å². The molecule has 2 aliphatic rings. The van der Waals surface area contributed by atoms with E-state index in [1.165, 1.54) is 0 Å². The molecule has 2 saturated heterocycles. The Balaban J connectivity index is 2.40. The summed E-state index contributed by atoms with van der Waals surface area (Å²) in [5.41, 5.74) is -2.00. The summed E-state index contributed by atoms with van der Waals surface area (Å²) >= 11 is 0. The first-order chi connectivity index (χ1) is 8.21. The lowest BCUT2D eigenvalue weighted by atomic mass is 9.77. The Hall–Kier alpha value is -0.650. The highest BCUT2D eigenvalue weighted by atomic mass is 16.5. The molecular weight excluding hydrogens is 232 g/mol. The number of carboxylic acid groups (broad SMARTS) is 1. The third kappa shape index (κ3) is 1.94. The van der Waals surface area contributed by atoms with Gasteiger partial charge in [-0.05, 0) is 27.7 Å². The zero-order chi connectivity index (χ0) is 13.6. The van der Waals surface area contributed by atoms with E-state index in [9.17, 15) is 9.90 Å². The van der Waals surface area contributed by atoms with Gasteiger partial charge in [-0.15, -0.1) is 0 Å². The monoisotopic (exact) mass is 256 g/mol. The average molecular weight is 256 g/mol. The van der Waals surface area contributed by atoms with Gasteiger partial charge in [0.2, 0.25) is 0 Å². The smallest absolute Gasteiger partial charge is 0.327 e. The van der Waals surface area contributed by atoms with Gasteiger partial charge in [-0.3, -0.25) is 9.69 Å². The minimum Gasteiger partial charge on any atom is -0.480 e. The summed E-state index contributed by atoms with van der Waals surface area (Å²) in [4.78, 5) is 14.1. The zero-order valence-electron chi connectivity index (χ0n) is 11.7. The van der Waals surface area contributed by atoms with Crippen LogP contribution in [0.2, 0.25) is 0 Å². The number of ether oxygens (including phenoxy) is 1. The van der Waals surface area contributed by atoms with Gasteiger partial charge in [0, 0.05) is 32.6 Å². The predicted octanol–water partition coefficient (Wildman–Crippen LogP) is 0.693. The van der Waals surface area contributed by atoms with Crippen LogP contribution in [0.1, 0.15) is 34.1 Å². The van der Waals surface area contributed by atoms with Gasteiger partial charge >= 0.3 is 5.97 Å². The van der Waals surface area contributed by atoms with Crippen LogP contribution in [0.25, 0.3) is 0 Å². The first kappa shape index (κ1) is 13.8. The third-order valence-electron chi connectivity index (χ3n) is 4.22. The fourth-order valence-electron chi connectivity index (χ4n) is 3.65. The summed E-state index contributed by atoms with van der Waals surface area (Å²) in [5.74, 6) is -0.764. The Labute approximate surface area is 108 Å². The van der Waals surface area contributed by atoms with E-state index < -0.39 is 22.7 Å². The van der Waals surface area contributed by atoms with Gasteiger partial charge in [-0.2, -0.15) is 0 Å². The van der Waals surface area contributed by atoms with Crippen LogP contribution in [0, 0.1) is 0 Å². The molecule has 2 fully saturated rings. The number of nitrogens with zero attached hydrogens (tertiary/aromatic N) is 1. The molecule has 2 heterocycles. The quantitative estimate of drug-likeness (QED) is 0.761. The normalized spacial score (nSPS) is 35.6.